The first-order chi connectivity index (χ1) is 9.97. The average Bonchev–Trinajstić information content (AvgIpc) is 2.41. The summed E-state index contributed by atoms with van der Waals surface area (Å²) < 4.78 is 32.4. The SMILES string of the molecule is CC(C)NS(=O)(=O)c1ccccc1NCCCOCCN. The predicted octanol–water partition coefficient (Wildman–Crippen LogP) is 1.15. The molecule has 0 atom stereocenters. The Morgan fingerprint density at radius 2 is 1.95 bits per heavy atom. The van der Waals surface area contributed by atoms with Crippen LogP contribution in [0.15, 0.2) is 29.2 Å². The molecule has 0 aliphatic heterocycles. The Morgan fingerprint density at radius 3 is 2.62 bits per heavy atom. The Balaban J connectivity index is 2.63. The molecule has 0 radical (unpaired) electrons. The van der Waals surface area contributed by atoms with Crippen LogP contribution >= 0.6 is 0 Å². The molecule has 0 fully saturated rings. The van der Waals surface area contributed by atoms with Crippen LogP contribution in [0, 0.1) is 0 Å². The fourth-order valence-electron chi connectivity index (χ4n) is 1.80. The number of ether oxygens (including phenoxy) is 1. The molecule has 0 spiro atoms. The van der Waals surface area contributed by atoms with Gasteiger partial charge in [0.25, 0.3) is 0 Å². The highest BCUT2D eigenvalue weighted by atomic mass is 32.2. The van der Waals surface area contributed by atoms with Crippen LogP contribution in [0.2, 0.25) is 0 Å². The van der Waals surface area contributed by atoms with Gasteiger partial charge in [0.1, 0.15) is 4.90 Å². The van der Waals surface area contributed by atoms with Gasteiger partial charge in [0.05, 0.1) is 12.3 Å². The maximum absolute atomic E-state index is 12.2. The van der Waals surface area contributed by atoms with Crippen molar-refractivity contribution >= 4 is 15.7 Å². The first-order valence-corrected chi connectivity index (χ1v) is 8.58. The van der Waals surface area contributed by atoms with Gasteiger partial charge in [0.2, 0.25) is 10.0 Å². The molecule has 0 bridgehead atoms. The Bertz CT molecular complexity index is 518. The van der Waals surface area contributed by atoms with Crippen molar-refractivity contribution < 1.29 is 13.2 Å². The number of anilines is 1. The minimum absolute atomic E-state index is 0.146. The summed E-state index contributed by atoms with van der Waals surface area (Å²) >= 11 is 0. The Hall–Kier alpha value is -1.15. The van der Waals surface area contributed by atoms with Crippen molar-refractivity contribution in [3.8, 4) is 0 Å². The van der Waals surface area contributed by atoms with Gasteiger partial charge in [-0.15, -0.1) is 0 Å². The second kappa shape index (κ2) is 8.99. The minimum Gasteiger partial charge on any atom is -0.384 e. The van der Waals surface area contributed by atoms with E-state index in [0.29, 0.717) is 32.0 Å². The Kier molecular flexibility index (Phi) is 7.66. The van der Waals surface area contributed by atoms with Gasteiger partial charge in [0, 0.05) is 25.7 Å². The minimum atomic E-state index is -3.50. The van der Waals surface area contributed by atoms with E-state index in [4.69, 9.17) is 10.5 Å². The molecule has 0 aliphatic rings. The van der Waals surface area contributed by atoms with Gasteiger partial charge in [0.15, 0.2) is 0 Å². The summed E-state index contributed by atoms with van der Waals surface area (Å²) in [6, 6.07) is 6.73. The molecule has 4 N–H and O–H groups in total. The topological polar surface area (TPSA) is 93.5 Å². The molecular formula is C14H25N3O3S. The zero-order valence-electron chi connectivity index (χ0n) is 12.6. The zero-order chi connectivity index (χ0) is 15.7. The highest BCUT2D eigenvalue weighted by molar-refractivity contribution is 7.89. The van der Waals surface area contributed by atoms with E-state index < -0.39 is 10.0 Å². The molecule has 0 heterocycles. The molecule has 7 heteroatoms. The summed E-state index contributed by atoms with van der Waals surface area (Å²) in [7, 11) is -3.50. The second-order valence-electron chi connectivity index (χ2n) is 4.95. The summed E-state index contributed by atoms with van der Waals surface area (Å²) in [5.74, 6) is 0. The number of hydrogen-bond acceptors (Lipinski definition) is 5. The van der Waals surface area contributed by atoms with Gasteiger partial charge < -0.3 is 15.8 Å². The van der Waals surface area contributed by atoms with E-state index in [9.17, 15) is 8.42 Å². The summed E-state index contributed by atoms with van der Waals surface area (Å²) in [5, 5.41) is 3.14. The zero-order valence-corrected chi connectivity index (χ0v) is 13.4. The maximum atomic E-state index is 12.2. The van der Waals surface area contributed by atoms with Crippen molar-refractivity contribution in [2.24, 2.45) is 5.73 Å². The first-order valence-electron chi connectivity index (χ1n) is 7.10. The van der Waals surface area contributed by atoms with Crippen molar-refractivity contribution in [3.63, 3.8) is 0 Å². The molecule has 6 nitrogen and oxygen atoms in total. The molecule has 0 amide bonds. The molecule has 120 valence electrons. The standard InChI is InChI=1S/C14H25N3O3S/c1-12(2)17-21(18,19)14-7-4-3-6-13(14)16-9-5-10-20-11-8-15/h3-4,6-7,12,16-17H,5,8-11,15H2,1-2H3. The fourth-order valence-corrected chi connectivity index (χ4v) is 3.24. The molecule has 1 aromatic rings. The third-order valence-corrected chi connectivity index (χ3v) is 4.33. The van der Waals surface area contributed by atoms with Gasteiger partial charge in [-0.3, -0.25) is 0 Å². The molecule has 21 heavy (non-hydrogen) atoms. The van der Waals surface area contributed by atoms with Gasteiger partial charge in [-0.05, 0) is 32.4 Å². The first kappa shape index (κ1) is 17.9. The van der Waals surface area contributed by atoms with Crippen LogP contribution in [0.5, 0.6) is 0 Å². The van der Waals surface area contributed by atoms with E-state index in [1.165, 1.54) is 0 Å². The number of rotatable bonds is 10. The molecule has 0 unspecified atom stereocenters. The highest BCUT2D eigenvalue weighted by Crippen LogP contribution is 2.20. The number of para-hydroxylation sites is 1. The van der Waals surface area contributed by atoms with Crippen LogP contribution in [0.3, 0.4) is 0 Å². The predicted molar refractivity (Wildman–Crippen MR) is 84.9 cm³/mol. The number of benzene rings is 1. The summed E-state index contributed by atoms with van der Waals surface area (Å²) in [6.45, 7) is 5.88. The fraction of sp³-hybridized carbons (Fsp3) is 0.571. The van der Waals surface area contributed by atoms with Crippen molar-refractivity contribution in [2.45, 2.75) is 31.2 Å². The number of nitrogens with one attached hydrogen (secondary N) is 2. The van der Waals surface area contributed by atoms with Crippen LogP contribution in [-0.4, -0.2) is 40.8 Å². The van der Waals surface area contributed by atoms with Crippen LogP contribution in [0.25, 0.3) is 0 Å². The smallest absolute Gasteiger partial charge is 0.242 e. The molecule has 0 aromatic heterocycles. The van der Waals surface area contributed by atoms with Crippen LogP contribution in [0.1, 0.15) is 20.3 Å². The monoisotopic (exact) mass is 315 g/mol. The van der Waals surface area contributed by atoms with Crippen LogP contribution in [-0.2, 0) is 14.8 Å². The number of sulfonamides is 1. The lowest BCUT2D eigenvalue weighted by atomic mass is 10.3. The third kappa shape index (κ3) is 6.43. The van der Waals surface area contributed by atoms with E-state index >= 15 is 0 Å². The van der Waals surface area contributed by atoms with Gasteiger partial charge in [-0.25, -0.2) is 13.1 Å². The third-order valence-electron chi connectivity index (χ3n) is 2.61. The van der Waals surface area contributed by atoms with Gasteiger partial charge >= 0.3 is 0 Å². The van der Waals surface area contributed by atoms with Crippen LogP contribution in [0.4, 0.5) is 5.69 Å². The molecule has 0 aliphatic carbocycles. The lowest BCUT2D eigenvalue weighted by Crippen LogP contribution is -2.30. The highest BCUT2D eigenvalue weighted by Gasteiger charge is 2.18. The Labute approximate surface area is 127 Å². The molecule has 0 saturated carbocycles. The normalized spacial score (nSPS) is 11.8. The summed E-state index contributed by atoms with van der Waals surface area (Å²) in [6.07, 6.45) is 0.784. The molecule has 1 rings (SSSR count). The largest absolute Gasteiger partial charge is 0.384 e. The van der Waals surface area contributed by atoms with E-state index in [-0.39, 0.29) is 10.9 Å². The quantitative estimate of drug-likeness (QED) is 0.563. The maximum Gasteiger partial charge on any atom is 0.242 e. The summed E-state index contributed by atoms with van der Waals surface area (Å²) in [5.41, 5.74) is 5.93. The van der Waals surface area contributed by atoms with Crippen LogP contribution < -0.4 is 15.8 Å². The Morgan fingerprint density at radius 1 is 1.24 bits per heavy atom. The molecule has 1 aromatic carbocycles. The van der Waals surface area contributed by atoms with E-state index in [0.717, 1.165) is 6.42 Å². The average molecular weight is 315 g/mol. The molecular weight excluding hydrogens is 290 g/mol. The molecule has 0 saturated heterocycles. The summed E-state index contributed by atoms with van der Waals surface area (Å²) in [4.78, 5) is 0.265. The number of nitrogens with two attached hydrogens (primary N) is 1. The van der Waals surface area contributed by atoms with Gasteiger partial charge in [-0.1, -0.05) is 12.1 Å². The second-order valence-corrected chi connectivity index (χ2v) is 6.64. The van der Waals surface area contributed by atoms with E-state index in [1.807, 2.05) is 6.07 Å². The van der Waals surface area contributed by atoms with E-state index in [2.05, 4.69) is 10.0 Å². The van der Waals surface area contributed by atoms with Crippen molar-refractivity contribution in [1.82, 2.24) is 4.72 Å². The van der Waals surface area contributed by atoms with Gasteiger partial charge in [-0.2, -0.15) is 0 Å². The lowest BCUT2D eigenvalue weighted by molar-refractivity contribution is 0.141. The number of hydrogen-bond donors (Lipinski definition) is 3. The van der Waals surface area contributed by atoms with Crippen molar-refractivity contribution in [2.75, 3.05) is 31.6 Å². The lowest BCUT2D eigenvalue weighted by Gasteiger charge is -2.14. The van der Waals surface area contributed by atoms with Crippen molar-refractivity contribution in [1.29, 1.82) is 0 Å². The van der Waals surface area contributed by atoms with Crippen molar-refractivity contribution in [3.05, 3.63) is 24.3 Å². The van der Waals surface area contributed by atoms with E-state index in [1.54, 1.807) is 32.0 Å².